The minimum absolute atomic E-state index is 0.0723. The molecule has 6 heteroatoms. The Labute approximate surface area is 385 Å². The predicted molar refractivity (Wildman–Crippen MR) is 266 cm³/mol. The van der Waals surface area contributed by atoms with Crippen LogP contribution in [0, 0.1) is 0 Å². The molecule has 1 unspecified atom stereocenters. The third kappa shape index (κ3) is 48.9. The van der Waals surface area contributed by atoms with Crippen molar-refractivity contribution in [2.24, 2.45) is 0 Å². The molecule has 0 aromatic rings. The first-order valence-electron chi connectivity index (χ1n) is 27.3. The highest BCUT2D eigenvalue weighted by Crippen LogP contribution is 2.16. The van der Waals surface area contributed by atoms with Gasteiger partial charge in [0.2, 0.25) is 0 Å². The van der Waals surface area contributed by atoms with E-state index in [1.54, 1.807) is 0 Å². The van der Waals surface area contributed by atoms with E-state index in [4.69, 9.17) is 14.2 Å². The Balaban J connectivity index is 4.32. The van der Waals surface area contributed by atoms with Crippen LogP contribution in [0.1, 0.15) is 297 Å². The summed E-state index contributed by atoms with van der Waals surface area (Å²) in [5, 5.41) is 0. The van der Waals surface area contributed by atoms with Crippen molar-refractivity contribution in [1.82, 2.24) is 0 Å². The standard InChI is InChI=1S/C56H104O6/c1-4-7-10-13-16-19-22-25-27-28-29-30-32-34-37-40-43-46-49-55(58)61-52-53(51-60-54(57)48-45-42-39-36-33-24-21-18-15-12-9-6-3)62-56(59)50-47-44-41-38-35-31-26-23-20-17-14-11-8-5-2/h18,21,27-28,53H,4-17,19-20,22-26,29-52H2,1-3H3/b21-18-,28-27-. The van der Waals surface area contributed by atoms with Gasteiger partial charge in [-0.15, -0.1) is 0 Å². The fourth-order valence-electron chi connectivity index (χ4n) is 8.02. The monoisotopic (exact) mass is 873 g/mol. The van der Waals surface area contributed by atoms with E-state index in [1.165, 1.54) is 193 Å². The summed E-state index contributed by atoms with van der Waals surface area (Å²) in [4.78, 5) is 38.0. The largest absolute Gasteiger partial charge is 0.462 e. The number of allylic oxidation sites excluding steroid dienone is 4. The second kappa shape index (κ2) is 51.5. The molecule has 0 bridgehead atoms. The molecule has 0 aromatic heterocycles. The van der Waals surface area contributed by atoms with Gasteiger partial charge < -0.3 is 14.2 Å². The zero-order chi connectivity index (χ0) is 45.1. The van der Waals surface area contributed by atoms with E-state index in [0.29, 0.717) is 19.3 Å². The smallest absolute Gasteiger partial charge is 0.306 e. The topological polar surface area (TPSA) is 78.9 Å². The quantitative estimate of drug-likeness (QED) is 0.0262. The van der Waals surface area contributed by atoms with E-state index in [9.17, 15) is 14.4 Å². The molecule has 0 amide bonds. The highest BCUT2D eigenvalue weighted by Gasteiger charge is 2.19. The molecular formula is C56H104O6. The Bertz CT molecular complexity index is 1000. The molecule has 1 atom stereocenters. The van der Waals surface area contributed by atoms with Crippen molar-refractivity contribution in [2.75, 3.05) is 13.2 Å². The molecule has 364 valence electrons. The van der Waals surface area contributed by atoms with Crippen LogP contribution in [0.5, 0.6) is 0 Å². The van der Waals surface area contributed by atoms with Crippen molar-refractivity contribution >= 4 is 17.9 Å². The maximum atomic E-state index is 12.8. The predicted octanol–water partition coefficient (Wildman–Crippen LogP) is 17.9. The van der Waals surface area contributed by atoms with Crippen molar-refractivity contribution in [1.29, 1.82) is 0 Å². The average molecular weight is 873 g/mol. The fourth-order valence-corrected chi connectivity index (χ4v) is 8.02. The number of hydrogen-bond donors (Lipinski definition) is 0. The zero-order valence-corrected chi connectivity index (χ0v) is 41.7. The lowest BCUT2D eigenvalue weighted by Gasteiger charge is -2.18. The van der Waals surface area contributed by atoms with E-state index in [0.717, 1.165) is 64.2 Å². The number of rotatable bonds is 50. The summed E-state index contributed by atoms with van der Waals surface area (Å²) in [6, 6.07) is 0. The molecule has 6 nitrogen and oxygen atoms in total. The molecular weight excluding hydrogens is 769 g/mol. The van der Waals surface area contributed by atoms with Crippen LogP contribution in [0.4, 0.5) is 0 Å². The molecule has 0 heterocycles. The fraction of sp³-hybridized carbons (Fsp3) is 0.875. The van der Waals surface area contributed by atoms with Crippen LogP contribution >= 0.6 is 0 Å². The van der Waals surface area contributed by atoms with Crippen molar-refractivity contribution in [3.8, 4) is 0 Å². The van der Waals surface area contributed by atoms with Crippen LogP contribution in [-0.2, 0) is 28.6 Å². The Morgan fingerprint density at radius 1 is 0.306 bits per heavy atom. The van der Waals surface area contributed by atoms with Gasteiger partial charge in [0.25, 0.3) is 0 Å². The van der Waals surface area contributed by atoms with E-state index >= 15 is 0 Å². The molecule has 0 saturated carbocycles. The summed E-state index contributed by atoms with van der Waals surface area (Å²) in [6.45, 7) is 6.64. The van der Waals surface area contributed by atoms with Crippen molar-refractivity contribution in [3.05, 3.63) is 24.3 Å². The van der Waals surface area contributed by atoms with Crippen LogP contribution < -0.4 is 0 Å². The maximum absolute atomic E-state index is 12.8. The number of carbonyl (C=O) groups is 3. The second-order valence-corrected chi connectivity index (χ2v) is 18.5. The molecule has 0 aliphatic heterocycles. The van der Waals surface area contributed by atoms with E-state index in [2.05, 4.69) is 45.1 Å². The first kappa shape index (κ1) is 59.9. The minimum atomic E-state index is -0.771. The second-order valence-electron chi connectivity index (χ2n) is 18.5. The Morgan fingerprint density at radius 2 is 0.532 bits per heavy atom. The van der Waals surface area contributed by atoms with Gasteiger partial charge in [0.1, 0.15) is 13.2 Å². The number of esters is 3. The average Bonchev–Trinajstić information content (AvgIpc) is 3.27. The van der Waals surface area contributed by atoms with Gasteiger partial charge >= 0.3 is 17.9 Å². The molecule has 0 saturated heterocycles. The molecule has 0 aromatic carbocycles. The van der Waals surface area contributed by atoms with Crippen LogP contribution in [-0.4, -0.2) is 37.2 Å². The van der Waals surface area contributed by atoms with Crippen LogP contribution in [0.15, 0.2) is 24.3 Å². The van der Waals surface area contributed by atoms with Crippen LogP contribution in [0.3, 0.4) is 0 Å². The summed E-state index contributed by atoms with van der Waals surface area (Å²) in [6.07, 6.45) is 58.7. The molecule has 0 rings (SSSR count). The number of ether oxygens (including phenoxy) is 3. The van der Waals surface area contributed by atoms with Gasteiger partial charge in [-0.3, -0.25) is 14.4 Å². The first-order valence-corrected chi connectivity index (χ1v) is 27.3. The molecule has 62 heavy (non-hydrogen) atoms. The Morgan fingerprint density at radius 3 is 0.839 bits per heavy atom. The van der Waals surface area contributed by atoms with Gasteiger partial charge in [-0.1, -0.05) is 231 Å². The van der Waals surface area contributed by atoms with Gasteiger partial charge in [-0.25, -0.2) is 0 Å². The highest BCUT2D eigenvalue weighted by molar-refractivity contribution is 5.71. The SMILES string of the molecule is CCCCC/C=C\CCCCCCCC(=O)OCC(COC(=O)CCCCCCCCC/C=C\CCCCCCCCC)OC(=O)CCCCCCCCCCCCCCCC. The highest BCUT2D eigenvalue weighted by atomic mass is 16.6. The molecule has 0 aliphatic rings. The van der Waals surface area contributed by atoms with E-state index in [-0.39, 0.29) is 31.1 Å². The van der Waals surface area contributed by atoms with Gasteiger partial charge in [0, 0.05) is 19.3 Å². The van der Waals surface area contributed by atoms with Crippen molar-refractivity contribution in [2.45, 2.75) is 303 Å². The van der Waals surface area contributed by atoms with Crippen LogP contribution in [0.25, 0.3) is 0 Å². The summed E-state index contributed by atoms with van der Waals surface area (Å²) >= 11 is 0. The van der Waals surface area contributed by atoms with Gasteiger partial charge in [0.05, 0.1) is 0 Å². The Hall–Kier alpha value is -2.11. The van der Waals surface area contributed by atoms with Gasteiger partial charge in [0.15, 0.2) is 6.10 Å². The van der Waals surface area contributed by atoms with Crippen LogP contribution in [0.2, 0.25) is 0 Å². The summed E-state index contributed by atoms with van der Waals surface area (Å²) < 4.78 is 16.8. The number of carbonyl (C=O) groups excluding carboxylic acids is 3. The first-order chi connectivity index (χ1) is 30.5. The molecule has 0 N–H and O–H groups in total. The minimum Gasteiger partial charge on any atom is -0.462 e. The normalized spacial score (nSPS) is 12.1. The molecule has 0 spiro atoms. The lowest BCUT2D eigenvalue weighted by atomic mass is 10.0. The Kier molecular flexibility index (Phi) is 49.8. The number of unbranched alkanes of at least 4 members (excludes halogenated alkanes) is 35. The summed E-state index contributed by atoms with van der Waals surface area (Å²) in [7, 11) is 0. The van der Waals surface area contributed by atoms with E-state index < -0.39 is 6.10 Å². The lowest BCUT2D eigenvalue weighted by Crippen LogP contribution is -2.30. The maximum Gasteiger partial charge on any atom is 0.306 e. The third-order valence-electron chi connectivity index (χ3n) is 12.2. The number of hydrogen-bond acceptors (Lipinski definition) is 6. The molecule has 0 radical (unpaired) electrons. The zero-order valence-electron chi connectivity index (χ0n) is 41.7. The summed E-state index contributed by atoms with van der Waals surface area (Å²) in [5.74, 6) is -0.870. The third-order valence-corrected chi connectivity index (χ3v) is 12.2. The van der Waals surface area contributed by atoms with E-state index in [1.807, 2.05) is 0 Å². The molecule has 0 aliphatic carbocycles. The van der Waals surface area contributed by atoms with Gasteiger partial charge in [-0.2, -0.15) is 0 Å². The lowest BCUT2D eigenvalue weighted by molar-refractivity contribution is -0.167. The van der Waals surface area contributed by atoms with Crippen molar-refractivity contribution < 1.29 is 28.6 Å². The van der Waals surface area contributed by atoms with Crippen molar-refractivity contribution in [3.63, 3.8) is 0 Å². The van der Waals surface area contributed by atoms with Gasteiger partial charge in [-0.05, 0) is 70.6 Å². The molecule has 0 fully saturated rings. The summed E-state index contributed by atoms with van der Waals surface area (Å²) in [5.41, 5.74) is 0.